The number of nitrogens with zero attached hydrogens (tertiary/aromatic N) is 2. The number of rotatable bonds is 4. The van der Waals surface area contributed by atoms with Crippen LogP contribution in [0.3, 0.4) is 0 Å². The number of H-pyrrole nitrogens is 2. The molecule has 0 aromatic carbocycles. The van der Waals surface area contributed by atoms with Crippen molar-refractivity contribution in [3.63, 3.8) is 0 Å². The molecule has 104 valence electrons. The summed E-state index contributed by atoms with van der Waals surface area (Å²) >= 11 is 0. The van der Waals surface area contributed by atoms with Gasteiger partial charge in [0.2, 0.25) is 0 Å². The van der Waals surface area contributed by atoms with E-state index in [1.54, 1.807) is 18.7 Å². The van der Waals surface area contributed by atoms with Crippen LogP contribution < -0.4 is 0 Å². The normalized spacial score (nSPS) is 7.80. The molecule has 2 rings (SSSR count). The minimum atomic E-state index is -0.0979. The topological polar surface area (TPSA) is 91.5 Å². The van der Waals surface area contributed by atoms with E-state index in [9.17, 15) is 9.59 Å². The molecule has 8 heteroatoms. The van der Waals surface area contributed by atoms with Gasteiger partial charge in [0.25, 0.3) is 0 Å². The molecule has 0 amide bonds. The number of hydrogen-bond acceptors (Lipinski definition) is 4. The Balaban J connectivity index is -0.000000252. The number of hydrogen-bond donors (Lipinski definition) is 2. The summed E-state index contributed by atoms with van der Waals surface area (Å²) in [5.41, 5.74) is 1.62. The van der Waals surface area contributed by atoms with Crippen molar-refractivity contribution in [1.82, 2.24) is 19.9 Å². The Bertz CT molecular complexity index is 444. The quantitative estimate of drug-likeness (QED) is 0.716. The van der Waals surface area contributed by atoms with E-state index >= 15 is 0 Å². The molecule has 0 bridgehead atoms. The SMILES string of the molecule is C.O=[C-]Cc1cnc[nH]1.[CH2-]C(=O)Cc1cnc[nH]1.[Y].[Y]. The van der Waals surface area contributed by atoms with Gasteiger partial charge in [0, 0.05) is 101 Å². The summed E-state index contributed by atoms with van der Waals surface area (Å²) in [7, 11) is 0. The molecule has 0 saturated heterocycles. The number of carbonyl (C=O) groups is 1. The summed E-state index contributed by atoms with van der Waals surface area (Å²) in [4.78, 5) is 33.1. The van der Waals surface area contributed by atoms with E-state index in [0.29, 0.717) is 12.8 Å². The fraction of sp³-hybridized carbons (Fsp3) is 0.250. The van der Waals surface area contributed by atoms with Crippen molar-refractivity contribution in [3.05, 3.63) is 43.4 Å². The van der Waals surface area contributed by atoms with Gasteiger partial charge in [0.05, 0.1) is 12.7 Å². The average Bonchev–Trinajstić information content (AvgIpc) is 2.91. The Morgan fingerprint density at radius 3 is 2.00 bits per heavy atom. The van der Waals surface area contributed by atoms with E-state index in [-0.39, 0.29) is 78.6 Å². The molecular formula is C12H16N4O2Y2-2. The van der Waals surface area contributed by atoms with E-state index in [1.807, 2.05) is 0 Å². The Kier molecular flexibility index (Phi) is 18.9. The van der Waals surface area contributed by atoms with Gasteiger partial charge >= 0.3 is 0 Å². The summed E-state index contributed by atoms with van der Waals surface area (Å²) in [5.74, 6) is -0.0979. The number of imidazole rings is 2. The van der Waals surface area contributed by atoms with Crippen molar-refractivity contribution in [1.29, 1.82) is 0 Å². The van der Waals surface area contributed by atoms with E-state index in [1.165, 1.54) is 12.7 Å². The molecule has 0 saturated carbocycles. The van der Waals surface area contributed by atoms with Gasteiger partial charge in [-0.05, 0) is 0 Å². The molecule has 0 spiro atoms. The molecule has 0 fully saturated rings. The second-order valence-electron chi connectivity index (χ2n) is 3.19. The van der Waals surface area contributed by atoms with E-state index in [2.05, 4.69) is 26.9 Å². The van der Waals surface area contributed by atoms with Crippen LogP contribution in [-0.4, -0.2) is 32.0 Å². The van der Waals surface area contributed by atoms with Crippen LogP contribution in [0.4, 0.5) is 0 Å². The van der Waals surface area contributed by atoms with Crippen LogP contribution in [-0.2, 0) is 87.8 Å². The van der Waals surface area contributed by atoms with Crippen molar-refractivity contribution < 1.29 is 75.0 Å². The smallest absolute Gasteiger partial charge is 0.0921 e. The monoisotopic (exact) mass is 426 g/mol. The Morgan fingerprint density at radius 1 is 1.15 bits per heavy atom. The summed E-state index contributed by atoms with van der Waals surface area (Å²) in [6.45, 7) is 3.23. The van der Waals surface area contributed by atoms with Crippen LogP contribution >= 0.6 is 0 Å². The van der Waals surface area contributed by atoms with Crippen molar-refractivity contribution >= 4 is 12.1 Å². The van der Waals surface area contributed by atoms with Crippen LogP contribution in [0.15, 0.2) is 25.0 Å². The molecule has 0 aliphatic carbocycles. The maximum absolute atomic E-state index is 10.4. The molecule has 0 aliphatic rings. The summed E-state index contributed by atoms with van der Waals surface area (Å²) in [6.07, 6.45) is 8.69. The number of carbonyl (C=O) groups excluding carboxylic acids is 2. The van der Waals surface area contributed by atoms with Gasteiger partial charge in [-0.2, -0.15) is 0 Å². The number of aromatic nitrogens is 4. The van der Waals surface area contributed by atoms with Crippen LogP contribution in [0, 0.1) is 6.92 Å². The molecule has 2 aromatic rings. The zero-order chi connectivity index (χ0) is 12.5. The third-order valence-corrected chi connectivity index (χ3v) is 1.76. The molecule has 0 atom stereocenters. The Hall–Kier alpha value is -0.162. The van der Waals surface area contributed by atoms with Gasteiger partial charge in [0.15, 0.2) is 0 Å². The molecule has 6 nitrogen and oxygen atoms in total. The first-order chi connectivity index (χ1) is 8.22. The molecule has 0 unspecified atom stereocenters. The maximum atomic E-state index is 10.4. The van der Waals surface area contributed by atoms with Crippen molar-refractivity contribution in [2.75, 3.05) is 0 Å². The van der Waals surface area contributed by atoms with Gasteiger partial charge in [0.1, 0.15) is 0 Å². The molecule has 2 heterocycles. The largest absolute Gasteiger partial charge is 0.541 e. The predicted octanol–water partition coefficient (Wildman–Crippen LogP) is 1.05. The van der Waals surface area contributed by atoms with Gasteiger partial charge in [-0.1, -0.05) is 7.43 Å². The average molecular weight is 426 g/mol. The second-order valence-corrected chi connectivity index (χ2v) is 3.19. The third kappa shape index (κ3) is 11.6. The van der Waals surface area contributed by atoms with Crippen molar-refractivity contribution in [2.45, 2.75) is 20.3 Å². The van der Waals surface area contributed by atoms with Gasteiger partial charge in [-0.3, -0.25) is 6.29 Å². The summed E-state index contributed by atoms with van der Waals surface area (Å²) < 4.78 is 0. The van der Waals surface area contributed by atoms with Crippen LogP contribution in [0.2, 0.25) is 0 Å². The van der Waals surface area contributed by atoms with E-state index in [4.69, 9.17) is 0 Å². The number of aromatic amines is 2. The number of nitrogens with one attached hydrogen (secondary N) is 2. The molecule has 2 aromatic heterocycles. The van der Waals surface area contributed by atoms with Gasteiger partial charge in [-0.25, -0.2) is 9.97 Å². The minimum Gasteiger partial charge on any atom is -0.541 e. The standard InChI is InChI=1S/C6H7N2O.C5H5N2O.CH4.2Y/c1-5(9)2-6-3-7-4-8-6;8-2-1-5-3-6-4-7-5;;;/h3-4H,1-2H2,(H,7,8);3-4H,1H2,(H,6,7);1H4;;/q2*-1;;;. The molecular weight excluding hydrogens is 410 g/mol. The second kappa shape index (κ2) is 15.2. The number of Topliss-reactive ketones (excluding diaryl/α,β-unsaturated/α-hetero) is 1. The summed E-state index contributed by atoms with van der Waals surface area (Å²) in [6, 6.07) is 0. The fourth-order valence-corrected chi connectivity index (χ4v) is 1.05. The van der Waals surface area contributed by atoms with Crippen LogP contribution in [0.1, 0.15) is 18.8 Å². The third-order valence-electron chi connectivity index (χ3n) is 1.76. The fourth-order valence-electron chi connectivity index (χ4n) is 1.05. The number of ketones is 1. The Morgan fingerprint density at radius 2 is 1.65 bits per heavy atom. The first-order valence-electron chi connectivity index (χ1n) is 4.86. The molecule has 2 radical (unpaired) electrons. The predicted molar refractivity (Wildman–Crippen MR) is 67.4 cm³/mol. The zero-order valence-electron chi connectivity index (χ0n) is 10.3. The first-order valence-corrected chi connectivity index (χ1v) is 4.86. The van der Waals surface area contributed by atoms with Gasteiger partial charge in [-0.15, -0.1) is 6.42 Å². The van der Waals surface area contributed by atoms with Crippen molar-refractivity contribution in [2.24, 2.45) is 0 Å². The van der Waals surface area contributed by atoms with E-state index in [0.717, 1.165) is 11.4 Å². The first kappa shape index (κ1) is 24.8. The van der Waals surface area contributed by atoms with Crippen LogP contribution in [0.25, 0.3) is 0 Å². The Labute approximate surface area is 169 Å². The molecule has 2 N–H and O–H groups in total. The van der Waals surface area contributed by atoms with Gasteiger partial charge < -0.3 is 26.5 Å². The van der Waals surface area contributed by atoms with Crippen molar-refractivity contribution in [3.8, 4) is 0 Å². The summed E-state index contributed by atoms with van der Waals surface area (Å²) in [5, 5.41) is 0. The molecule has 20 heavy (non-hydrogen) atoms. The molecule has 0 aliphatic heterocycles. The van der Waals surface area contributed by atoms with Crippen LogP contribution in [0.5, 0.6) is 0 Å². The maximum Gasteiger partial charge on any atom is 0.0921 e. The minimum absolute atomic E-state index is 0. The van der Waals surface area contributed by atoms with E-state index < -0.39 is 0 Å². The zero-order valence-corrected chi connectivity index (χ0v) is 16.0.